The number of rotatable bonds is 41. The highest BCUT2D eigenvalue weighted by molar-refractivity contribution is 6.30. The lowest BCUT2D eigenvalue weighted by molar-refractivity contribution is -0.142. The fourth-order valence-electron chi connectivity index (χ4n) is 13.7. The number of halogens is 1. The number of phenols is 1. The van der Waals surface area contributed by atoms with Gasteiger partial charge < -0.3 is 95.7 Å². The van der Waals surface area contributed by atoms with Crippen LogP contribution in [0.25, 0.3) is 10.8 Å². The number of fused-ring (bicyclic) bond motifs is 1. The number of aliphatic hydroxyl groups excluding tert-OH is 1. The van der Waals surface area contributed by atoms with Crippen molar-refractivity contribution in [2.24, 2.45) is 11.5 Å². The zero-order chi connectivity index (χ0) is 87.4. The Balaban J connectivity index is 1.03. The molecular formula is C85H101ClN18O17. The number of amides is 17. The summed E-state index contributed by atoms with van der Waals surface area (Å²) in [6.45, 7) is 6.03. The normalized spacial score (nSPS) is 15.9. The van der Waals surface area contributed by atoms with Crippen molar-refractivity contribution in [3.8, 4) is 5.75 Å². The van der Waals surface area contributed by atoms with E-state index in [-0.39, 0.29) is 80.2 Å². The van der Waals surface area contributed by atoms with Gasteiger partial charge in [0, 0.05) is 86.8 Å². The van der Waals surface area contributed by atoms with Crippen LogP contribution in [0, 0.1) is 0 Å². The number of unbranched alkanes of at least 4 members (excludes halogenated alkanes) is 1. The minimum atomic E-state index is -1.95. The third kappa shape index (κ3) is 28.4. The highest BCUT2D eigenvalue weighted by Gasteiger charge is 2.41. The molecule has 6 aromatic carbocycles. The molecule has 9 rings (SSSR count). The van der Waals surface area contributed by atoms with Gasteiger partial charge in [0.05, 0.1) is 13.0 Å². The van der Waals surface area contributed by atoms with E-state index in [9.17, 15) is 53.4 Å². The van der Waals surface area contributed by atoms with Gasteiger partial charge in [-0.05, 0) is 144 Å². The van der Waals surface area contributed by atoms with E-state index in [1.54, 1.807) is 36.4 Å². The molecule has 2 saturated heterocycles. The number of hydrogen-bond donors (Lipinski definition) is 18. The minimum Gasteiger partial charge on any atom is -0.508 e. The van der Waals surface area contributed by atoms with Crippen molar-refractivity contribution < 1.29 is 82.1 Å². The fourth-order valence-corrected chi connectivity index (χ4v) is 13.9. The van der Waals surface area contributed by atoms with Gasteiger partial charge in [-0.1, -0.05) is 123 Å². The molecule has 36 heteroatoms. The number of benzene rings is 6. The van der Waals surface area contributed by atoms with Crippen LogP contribution in [-0.2, 0) is 101 Å². The maximum absolute atomic E-state index is 15.6. The Kier molecular flexibility index (Phi) is 33.6. The van der Waals surface area contributed by atoms with Crippen LogP contribution in [-0.4, -0.2) is 201 Å². The van der Waals surface area contributed by atoms with Gasteiger partial charge in [-0.15, -0.1) is 0 Å². The van der Waals surface area contributed by atoms with Gasteiger partial charge in [-0.2, -0.15) is 0 Å². The van der Waals surface area contributed by atoms with Crippen LogP contribution in [0.4, 0.5) is 21.0 Å². The van der Waals surface area contributed by atoms with Gasteiger partial charge in [-0.3, -0.25) is 72.6 Å². The molecule has 0 aliphatic carbocycles. The average molecular weight is 1680 g/mol. The largest absolute Gasteiger partial charge is 0.508 e. The molecule has 7 aromatic rings. The smallest absolute Gasteiger partial charge is 0.322 e. The first-order valence-corrected chi connectivity index (χ1v) is 39.9. The molecule has 3 heterocycles. The average Bonchev–Trinajstić information content (AvgIpc) is 0.873. The molecule has 0 spiro atoms. The number of pyridine rings is 1. The monoisotopic (exact) mass is 1680 g/mol. The Hall–Kier alpha value is -13.4. The number of nitrogens with two attached hydrogens (primary N) is 2. The minimum absolute atomic E-state index is 0.00525. The summed E-state index contributed by atoms with van der Waals surface area (Å²) in [5, 5.41) is 60.7. The first-order valence-electron chi connectivity index (χ1n) is 39.5. The predicted octanol–water partition coefficient (Wildman–Crippen LogP) is 1.42. The number of carbonyl (C=O) groups is 15. The molecule has 0 bridgehead atoms. The van der Waals surface area contributed by atoms with Gasteiger partial charge in [0.25, 0.3) is 0 Å². The summed E-state index contributed by atoms with van der Waals surface area (Å²) in [7, 11) is 0. The van der Waals surface area contributed by atoms with Crippen LogP contribution >= 0.6 is 11.6 Å². The van der Waals surface area contributed by atoms with E-state index in [2.05, 4.69) is 74.1 Å². The Bertz CT molecular complexity index is 4860. The van der Waals surface area contributed by atoms with Gasteiger partial charge in [-0.25, -0.2) is 9.59 Å². The highest BCUT2D eigenvalue weighted by atomic mass is 35.5. The van der Waals surface area contributed by atoms with Crippen molar-refractivity contribution >= 4 is 123 Å². The molecule has 2 fully saturated rings. The fraction of sp³-hybridized carbons (Fsp3) is 0.365. The Labute approximate surface area is 702 Å². The number of imide groups is 1. The maximum Gasteiger partial charge on any atom is 0.322 e. The van der Waals surface area contributed by atoms with Crippen molar-refractivity contribution in [3.63, 3.8) is 0 Å². The molecule has 0 saturated carbocycles. The molecule has 121 heavy (non-hydrogen) atoms. The first-order chi connectivity index (χ1) is 57.8. The van der Waals surface area contributed by atoms with Gasteiger partial charge in [0.2, 0.25) is 76.8 Å². The first kappa shape index (κ1) is 91.5. The van der Waals surface area contributed by atoms with Crippen LogP contribution in [0.2, 0.25) is 5.02 Å². The van der Waals surface area contributed by atoms with Crippen molar-refractivity contribution in [1.82, 2.24) is 73.7 Å². The zero-order valence-corrected chi connectivity index (χ0v) is 67.8. The third-order valence-electron chi connectivity index (χ3n) is 20.1. The molecule has 11 atom stereocenters. The molecule has 1 aromatic heterocycles. The number of nitrogens with one attached hydrogen (secondary N) is 14. The SMILES string of the molecule is CC(=O)N[C@H](Cc1ccc2ccccc2c1)C(=O)N[C@H](Cc1ccc(Cl)cc1)C(=O)N[C@H](Cc1cccnc1)C(=O)N[C@@H](CO)C(=O)N[C@@H](Cc1ccc(NC(=O)[C@@H]2CC(=O)NC(=O)N2)cc1)C(=O)N[C@H](Cc1ccc(NC(N)=O)cc1)C(=O)N[C@@H](Cc1ccc(O)cc1)C(=O)N[C@@H](CCCCNC(C)C)C(=O)N1CCC[C@H]1C(=O)N[C@H](C)C(N)=O. The van der Waals surface area contributed by atoms with Crippen molar-refractivity contribution in [2.75, 3.05) is 30.3 Å². The van der Waals surface area contributed by atoms with Gasteiger partial charge in [0.15, 0.2) is 0 Å². The summed E-state index contributed by atoms with van der Waals surface area (Å²) in [6.07, 6.45) is 2.39. The number of aliphatic hydroxyl groups is 1. The Morgan fingerprint density at radius 1 is 0.521 bits per heavy atom. The maximum atomic E-state index is 15.6. The van der Waals surface area contributed by atoms with E-state index >= 15 is 28.8 Å². The van der Waals surface area contributed by atoms with E-state index in [0.29, 0.717) is 58.6 Å². The summed E-state index contributed by atoms with van der Waals surface area (Å²) in [5.41, 5.74) is 13.8. The lowest BCUT2D eigenvalue weighted by atomic mass is 9.99. The number of carbonyl (C=O) groups excluding carboxylic acids is 15. The molecule has 2 aliphatic rings. The molecule has 640 valence electrons. The van der Waals surface area contributed by atoms with Crippen molar-refractivity contribution in [3.05, 3.63) is 202 Å². The molecule has 20 N–H and O–H groups in total. The second kappa shape index (κ2) is 44.4. The van der Waals surface area contributed by atoms with Gasteiger partial charge in [0.1, 0.15) is 72.2 Å². The van der Waals surface area contributed by atoms with Gasteiger partial charge >= 0.3 is 12.1 Å². The van der Waals surface area contributed by atoms with Crippen molar-refractivity contribution in [1.29, 1.82) is 0 Å². The molecule has 35 nitrogen and oxygen atoms in total. The zero-order valence-electron chi connectivity index (χ0n) is 67.1. The topological polar surface area (TPSA) is 533 Å². The highest BCUT2D eigenvalue weighted by Crippen LogP contribution is 2.24. The van der Waals surface area contributed by atoms with E-state index in [1.807, 2.05) is 61.6 Å². The molecular weight excluding hydrogens is 1580 g/mol. The van der Waals surface area contributed by atoms with E-state index in [0.717, 1.165) is 10.8 Å². The lowest BCUT2D eigenvalue weighted by Crippen LogP contribution is -2.62. The molecule has 0 unspecified atom stereocenters. The molecule has 0 radical (unpaired) electrons. The molecule has 17 amide bonds. The van der Waals surface area contributed by atoms with Crippen LogP contribution in [0.1, 0.15) is 99.6 Å². The standard InChI is InChI=1S/C85H101ClN18O17/c1-47(2)90-35-8-7-14-62(83(119)104-36-10-15-71(104)82(118)91-48(3)73(87)109)95-76(112)64(41-53-23-32-61(107)33-24-53)97-77(113)66(39-52-21-30-60(31-22-52)94-84(88)120)98-79(115)67(40-51-19-28-59(29-20-51)93-74(110)69-44-72(108)103-85(121)102-69)100-81(117)70(46-105)101-80(116)68(43-55-11-9-34-89-45-55)99-78(114)65(38-50-17-26-58(86)27-18-50)96-75(111)63(92-49(4)106)42-54-16-25-56-12-5-6-13-57(56)37-54/h5-6,9,11-13,16-34,37,45,47-48,62-71,90,105,107H,7-8,10,14-15,35-36,38-44,46H2,1-4H3,(H2,87,109)(H,91,118)(H,92,106)(H,93,110)(H,95,112)(H,96,111)(H,97,113)(H,98,115)(H,99,114)(H,100,117)(H,101,116)(H3,88,94,120)(H2,102,103,108,121)/t48-,62+,63-,64+,65-,66-,67+,68-,69+,70+,71+/m1/s1. The predicted molar refractivity (Wildman–Crippen MR) is 446 cm³/mol. The van der Waals surface area contributed by atoms with Crippen LogP contribution < -0.4 is 85.9 Å². The number of likely N-dealkylation sites (tertiary alicyclic amines) is 1. The Morgan fingerprint density at radius 2 is 0.983 bits per heavy atom. The summed E-state index contributed by atoms with van der Waals surface area (Å²) in [5.74, 6) is -11.3. The van der Waals surface area contributed by atoms with E-state index in [1.165, 1.54) is 104 Å². The summed E-state index contributed by atoms with van der Waals surface area (Å²) < 4.78 is 0. The van der Waals surface area contributed by atoms with Crippen LogP contribution in [0.5, 0.6) is 5.75 Å². The second-order valence-corrected chi connectivity index (χ2v) is 30.4. The number of phenolic OH excluding ortho intramolecular Hbond substituents is 1. The number of aromatic hydroxyl groups is 1. The third-order valence-corrected chi connectivity index (χ3v) is 20.4. The number of primary amides is 2. The second-order valence-electron chi connectivity index (χ2n) is 30.0. The number of anilines is 2. The summed E-state index contributed by atoms with van der Waals surface area (Å²) in [4.78, 5) is 215. The van der Waals surface area contributed by atoms with E-state index < -0.39 is 175 Å². The van der Waals surface area contributed by atoms with Crippen molar-refractivity contribution in [2.45, 2.75) is 177 Å². The number of hydrogen-bond acceptors (Lipinski definition) is 19. The summed E-state index contributed by atoms with van der Waals surface area (Å²) >= 11 is 6.27. The number of urea groups is 2. The number of aromatic nitrogens is 1. The van der Waals surface area contributed by atoms with E-state index in [4.69, 9.17) is 23.1 Å². The van der Waals surface area contributed by atoms with Crippen LogP contribution in [0.3, 0.4) is 0 Å². The number of nitrogens with zero attached hydrogens (tertiary/aromatic N) is 2. The lowest BCUT2D eigenvalue weighted by Gasteiger charge is -2.31. The Morgan fingerprint density at radius 3 is 1.47 bits per heavy atom. The quantitative estimate of drug-likeness (QED) is 0.0241. The van der Waals surface area contributed by atoms with Crippen LogP contribution in [0.15, 0.2) is 164 Å². The molecule has 2 aliphatic heterocycles. The summed E-state index contributed by atoms with van der Waals surface area (Å²) in [6, 6.07) is 22.1.